The van der Waals surface area contributed by atoms with Crippen LogP contribution >= 0.6 is 11.3 Å². The first-order valence-corrected chi connectivity index (χ1v) is 7.03. The number of aliphatic hydroxyl groups excluding tert-OH is 1. The molecule has 1 aromatic rings. The van der Waals surface area contributed by atoms with Crippen LogP contribution in [0.15, 0.2) is 0 Å². The molecule has 0 bridgehead atoms. The molecule has 0 saturated heterocycles. The van der Waals surface area contributed by atoms with Gasteiger partial charge in [-0.2, -0.15) is 0 Å². The maximum absolute atomic E-state index is 12.2. The van der Waals surface area contributed by atoms with E-state index in [9.17, 15) is 4.79 Å². The second kappa shape index (κ2) is 6.72. The van der Waals surface area contributed by atoms with Crippen LogP contribution in [-0.4, -0.2) is 42.7 Å². The molecule has 1 rings (SSSR count). The van der Waals surface area contributed by atoms with Gasteiger partial charge >= 0.3 is 0 Å². The lowest BCUT2D eigenvalue weighted by Crippen LogP contribution is -2.39. The Morgan fingerprint density at radius 1 is 1.53 bits per heavy atom. The topological polar surface area (TPSA) is 91.5 Å². The number of anilines is 2. The average molecular weight is 286 g/mol. The van der Waals surface area contributed by atoms with Gasteiger partial charge in [0, 0.05) is 26.7 Å². The SMILES string of the molecule is CC(C)C(CCO)NC(=O)c1sc(N(C)C)nc1N. The number of rotatable bonds is 6. The van der Waals surface area contributed by atoms with Gasteiger partial charge in [0.2, 0.25) is 0 Å². The Balaban J connectivity index is 2.82. The highest BCUT2D eigenvalue weighted by atomic mass is 32.1. The summed E-state index contributed by atoms with van der Waals surface area (Å²) >= 11 is 1.26. The van der Waals surface area contributed by atoms with E-state index in [1.165, 1.54) is 11.3 Å². The van der Waals surface area contributed by atoms with Crippen LogP contribution in [-0.2, 0) is 0 Å². The van der Waals surface area contributed by atoms with E-state index in [4.69, 9.17) is 10.8 Å². The van der Waals surface area contributed by atoms with Crippen LogP contribution in [0.4, 0.5) is 10.9 Å². The summed E-state index contributed by atoms with van der Waals surface area (Å²) in [7, 11) is 3.70. The maximum Gasteiger partial charge on any atom is 0.265 e. The summed E-state index contributed by atoms with van der Waals surface area (Å²) in [4.78, 5) is 18.5. The molecule has 1 atom stereocenters. The van der Waals surface area contributed by atoms with Crippen LogP contribution in [0.5, 0.6) is 0 Å². The molecule has 1 unspecified atom stereocenters. The summed E-state index contributed by atoms with van der Waals surface area (Å²) in [6.45, 7) is 4.05. The first kappa shape index (κ1) is 15.7. The van der Waals surface area contributed by atoms with Crippen molar-refractivity contribution in [3.63, 3.8) is 0 Å². The second-order valence-corrected chi connectivity index (χ2v) is 5.92. The molecule has 1 aromatic heterocycles. The number of hydrogen-bond acceptors (Lipinski definition) is 6. The van der Waals surface area contributed by atoms with E-state index in [1.807, 2.05) is 32.8 Å². The number of aliphatic hydroxyl groups is 1. The zero-order valence-electron chi connectivity index (χ0n) is 11.8. The van der Waals surface area contributed by atoms with Crippen molar-refractivity contribution in [1.29, 1.82) is 0 Å². The Labute approximate surface area is 117 Å². The van der Waals surface area contributed by atoms with Crippen LogP contribution in [0.1, 0.15) is 29.9 Å². The van der Waals surface area contributed by atoms with Gasteiger partial charge in [-0.3, -0.25) is 4.79 Å². The van der Waals surface area contributed by atoms with Crippen molar-refractivity contribution in [2.24, 2.45) is 5.92 Å². The molecule has 0 aliphatic rings. The Morgan fingerprint density at radius 3 is 2.58 bits per heavy atom. The van der Waals surface area contributed by atoms with Crippen molar-refractivity contribution >= 4 is 28.2 Å². The molecule has 0 spiro atoms. The Morgan fingerprint density at radius 2 is 2.16 bits per heavy atom. The predicted molar refractivity (Wildman–Crippen MR) is 78.6 cm³/mol. The fourth-order valence-electron chi connectivity index (χ4n) is 1.62. The van der Waals surface area contributed by atoms with Crippen molar-refractivity contribution in [1.82, 2.24) is 10.3 Å². The minimum atomic E-state index is -0.227. The number of nitrogens with zero attached hydrogens (tertiary/aromatic N) is 2. The third kappa shape index (κ3) is 4.07. The van der Waals surface area contributed by atoms with E-state index in [1.54, 1.807) is 0 Å². The van der Waals surface area contributed by atoms with Crippen LogP contribution < -0.4 is 16.0 Å². The van der Waals surface area contributed by atoms with Crippen molar-refractivity contribution in [2.45, 2.75) is 26.3 Å². The summed E-state index contributed by atoms with van der Waals surface area (Å²) < 4.78 is 0. The quantitative estimate of drug-likeness (QED) is 0.723. The van der Waals surface area contributed by atoms with Gasteiger partial charge in [0.15, 0.2) is 5.13 Å². The summed E-state index contributed by atoms with van der Waals surface area (Å²) in [6.07, 6.45) is 0.530. The van der Waals surface area contributed by atoms with Gasteiger partial charge in [-0.1, -0.05) is 25.2 Å². The van der Waals surface area contributed by atoms with Crippen molar-refractivity contribution in [3.8, 4) is 0 Å². The second-order valence-electron chi connectivity index (χ2n) is 4.94. The van der Waals surface area contributed by atoms with Gasteiger partial charge in [0.1, 0.15) is 10.7 Å². The molecule has 19 heavy (non-hydrogen) atoms. The molecular weight excluding hydrogens is 264 g/mol. The number of thiazole rings is 1. The van der Waals surface area contributed by atoms with Crippen LogP contribution in [0.3, 0.4) is 0 Å². The summed E-state index contributed by atoms with van der Waals surface area (Å²) in [5.41, 5.74) is 5.77. The molecule has 4 N–H and O–H groups in total. The fourth-order valence-corrected chi connectivity index (χ4v) is 2.43. The Kier molecular flexibility index (Phi) is 5.56. The fraction of sp³-hybridized carbons (Fsp3) is 0.667. The molecule has 7 heteroatoms. The molecule has 6 nitrogen and oxygen atoms in total. The Bertz CT molecular complexity index is 431. The minimum Gasteiger partial charge on any atom is -0.396 e. The number of carbonyl (C=O) groups excluding carboxylic acids is 1. The molecule has 0 saturated carbocycles. The van der Waals surface area contributed by atoms with Crippen molar-refractivity contribution < 1.29 is 9.90 Å². The van der Waals surface area contributed by atoms with Crippen molar-refractivity contribution in [3.05, 3.63) is 4.88 Å². The van der Waals surface area contributed by atoms with Gasteiger partial charge in [-0.25, -0.2) is 4.98 Å². The zero-order valence-corrected chi connectivity index (χ0v) is 12.6. The van der Waals surface area contributed by atoms with E-state index in [-0.39, 0.29) is 30.3 Å². The van der Waals surface area contributed by atoms with Gasteiger partial charge in [0.05, 0.1) is 0 Å². The Hall–Kier alpha value is -1.34. The molecule has 108 valence electrons. The molecule has 1 amide bonds. The monoisotopic (exact) mass is 286 g/mol. The maximum atomic E-state index is 12.2. The molecule has 0 aromatic carbocycles. The molecule has 1 heterocycles. The van der Waals surface area contributed by atoms with Crippen molar-refractivity contribution in [2.75, 3.05) is 31.3 Å². The molecular formula is C12H22N4O2S. The number of amides is 1. The summed E-state index contributed by atoms with van der Waals surface area (Å²) in [5, 5.41) is 12.6. The van der Waals surface area contributed by atoms with Gasteiger partial charge in [0.25, 0.3) is 5.91 Å². The first-order chi connectivity index (χ1) is 8.86. The smallest absolute Gasteiger partial charge is 0.265 e. The van der Waals surface area contributed by atoms with Crippen LogP contribution in [0.25, 0.3) is 0 Å². The number of nitrogen functional groups attached to an aromatic ring is 1. The number of nitrogens with two attached hydrogens (primary N) is 1. The predicted octanol–water partition coefficient (Wildman–Crippen LogP) is 0.928. The van der Waals surface area contributed by atoms with Gasteiger partial charge in [-0.15, -0.1) is 0 Å². The van der Waals surface area contributed by atoms with E-state index in [2.05, 4.69) is 10.3 Å². The number of carbonyl (C=O) groups is 1. The first-order valence-electron chi connectivity index (χ1n) is 6.22. The van der Waals surface area contributed by atoms with E-state index >= 15 is 0 Å². The molecule has 0 aliphatic carbocycles. The van der Waals surface area contributed by atoms with Crippen LogP contribution in [0.2, 0.25) is 0 Å². The van der Waals surface area contributed by atoms with E-state index < -0.39 is 0 Å². The van der Waals surface area contributed by atoms with E-state index in [0.717, 1.165) is 0 Å². The largest absolute Gasteiger partial charge is 0.396 e. The lowest BCUT2D eigenvalue weighted by Gasteiger charge is -2.21. The third-order valence-electron chi connectivity index (χ3n) is 2.79. The molecule has 0 fully saturated rings. The zero-order chi connectivity index (χ0) is 14.6. The molecule has 0 radical (unpaired) electrons. The summed E-state index contributed by atoms with van der Waals surface area (Å²) in [5.74, 6) is 0.270. The highest BCUT2D eigenvalue weighted by Gasteiger charge is 2.21. The van der Waals surface area contributed by atoms with Crippen LogP contribution in [0, 0.1) is 5.92 Å². The number of hydrogen-bond donors (Lipinski definition) is 3. The lowest BCUT2D eigenvalue weighted by molar-refractivity contribution is 0.0921. The minimum absolute atomic E-state index is 0.0459. The lowest BCUT2D eigenvalue weighted by atomic mass is 10.0. The summed E-state index contributed by atoms with van der Waals surface area (Å²) in [6, 6.07) is -0.0678. The highest BCUT2D eigenvalue weighted by molar-refractivity contribution is 7.18. The highest BCUT2D eigenvalue weighted by Crippen LogP contribution is 2.26. The normalized spacial score (nSPS) is 12.5. The van der Waals surface area contributed by atoms with Gasteiger partial charge < -0.3 is 21.1 Å². The van der Waals surface area contributed by atoms with Gasteiger partial charge in [-0.05, 0) is 12.3 Å². The third-order valence-corrected chi connectivity index (χ3v) is 4.03. The number of nitrogens with one attached hydrogen (secondary N) is 1. The standard InChI is InChI=1S/C12H22N4O2S/c1-7(2)8(5-6-17)14-11(18)9-10(13)15-12(19-9)16(3)4/h7-8,17H,5-6,13H2,1-4H3,(H,14,18). The number of aromatic nitrogens is 1. The average Bonchev–Trinajstić information content (AvgIpc) is 2.70. The molecule has 0 aliphatic heterocycles. The van der Waals surface area contributed by atoms with E-state index in [0.29, 0.717) is 16.4 Å².